The fourth-order valence-corrected chi connectivity index (χ4v) is 4.63. The van der Waals surface area contributed by atoms with Crippen LogP contribution in [0.5, 0.6) is 0 Å². The third-order valence-corrected chi connectivity index (χ3v) is 5.61. The standard InChI is InChI=1S/C12H19NS2/c1-3-10-4-5-11(15-10)6-9-7-14-8-12(9)13-2/h4-5,9,12-13H,3,6-8H2,1-2H3. The molecule has 2 unspecified atom stereocenters. The average molecular weight is 241 g/mol. The number of nitrogens with one attached hydrogen (secondary N) is 1. The zero-order valence-corrected chi connectivity index (χ0v) is 11.1. The summed E-state index contributed by atoms with van der Waals surface area (Å²) in [5, 5.41) is 3.44. The highest BCUT2D eigenvalue weighted by Crippen LogP contribution is 2.29. The topological polar surface area (TPSA) is 12.0 Å². The lowest BCUT2D eigenvalue weighted by atomic mass is 9.99. The molecule has 1 fully saturated rings. The van der Waals surface area contributed by atoms with Crippen molar-refractivity contribution in [3.05, 3.63) is 21.9 Å². The normalized spacial score (nSPS) is 26.0. The summed E-state index contributed by atoms with van der Waals surface area (Å²) in [7, 11) is 2.09. The summed E-state index contributed by atoms with van der Waals surface area (Å²) >= 11 is 4.08. The van der Waals surface area contributed by atoms with Gasteiger partial charge in [0.25, 0.3) is 0 Å². The van der Waals surface area contributed by atoms with Crippen LogP contribution in [0.3, 0.4) is 0 Å². The lowest BCUT2D eigenvalue weighted by molar-refractivity contribution is 0.456. The zero-order chi connectivity index (χ0) is 10.7. The Labute approximate surface area is 101 Å². The van der Waals surface area contributed by atoms with E-state index in [4.69, 9.17) is 0 Å². The van der Waals surface area contributed by atoms with Crippen molar-refractivity contribution >= 4 is 23.1 Å². The first-order valence-electron chi connectivity index (χ1n) is 5.66. The Balaban J connectivity index is 1.95. The number of thiophene rings is 1. The smallest absolute Gasteiger partial charge is 0.0194 e. The van der Waals surface area contributed by atoms with Gasteiger partial charge >= 0.3 is 0 Å². The van der Waals surface area contributed by atoms with Crippen LogP contribution < -0.4 is 5.32 Å². The molecule has 1 aliphatic rings. The molecule has 3 heteroatoms. The molecule has 0 radical (unpaired) electrons. The maximum atomic E-state index is 3.44. The molecule has 2 heterocycles. The molecule has 15 heavy (non-hydrogen) atoms. The minimum absolute atomic E-state index is 0.724. The lowest BCUT2D eigenvalue weighted by Crippen LogP contribution is -2.33. The Hall–Kier alpha value is 0.01000. The predicted octanol–water partition coefficient (Wildman–Crippen LogP) is 2.80. The van der Waals surface area contributed by atoms with E-state index in [-0.39, 0.29) is 0 Å². The monoisotopic (exact) mass is 241 g/mol. The fraction of sp³-hybridized carbons (Fsp3) is 0.667. The number of aryl methyl sites for hydroxylation is 1. The second kappa shape index (κ2) is 5.37. The minimum atomic E-state index is 0.724. The van der Waals surface area contributed by atoms with Gasteiger partial charge in [0.15, 0.2) is 0 Å². The third-order valence-electron chi connectivity index (χ3n) is 3.10. The molecular weight excluding hydrogens is 222 g/mol. The molecule has 1 aromatic rings. The van der Waals surface area contributed by atoms with Gasteiger partial charge in [-0.15, -0.1) is 11.3 Å². The Kier molecular flexibility index (Phi) is 4.12. The van der Waals surface area contributed by atoms with Crippen molar-refractivity contribution in [2.45, 2.75) is 25.8 Å². The van der Waals surface area contributed by atoms with E-state index in [0.717, 1.165) is 12.0 Å². The van der Waals surface area contributed by atoms with Crippen LogP contribution in [-0.2, 0) is 12.8 Å². The van der Waals surface area contributed by atoms with E-state index in [1.807, 2.05) is 11.3 Å². The van der Waals surface area contributed by atoms with Gasteiger partial charge in [-0.3, -0.25) is 0 Å². The maximum Gasteiger partial charge on any atom is 0.0194 e. The number of hydrogen-bond acceptors (Lipinski definition) is 3. The number of thioether (sulfide) groups is 1. The van der Waals surface area contributed by atoms with E-state index in [1.54, 1.807) is 4.88 Å². The molecular formula is C12H19NS2. The lowest BCUT2D eigenvalue weighted by Gasteiger charge is -2.16. The molecule has 84 valence electrons. The highest BCUT2D eigenvalue weighted by Gasteiger charge is 2.26. The molecule has 1 saturated heterocycles. The minimum Gasteiger partial charge on any atom is -0.316 e. The SMILES string of the molecule is CCc1ccc(CC2CSCC2NC)s1. The van der Waals surface area contributed by atoms with Crippen LogP contribution in [-0.4, -0.2) is 24.6 Å². The van der Waals surface area contributed by atoms with Gasteiger partial charge in [0.05, 0.1) is 0 Å². The zero-order valence-electron chi connectivity index (χ0n) is 9.45. The summed E-state index contributed by atoms with van der Waals surface area (Å²) in [5.41, 5.74) is 0. The molecule has 0 bridgehead atoms. The first-order chi connectivity index (χ1) is 7.33. The van der Waals surface area contributed by atoms with Crippen molar-refractivity contribution in [3.63, 3.8) is 0 Å². The molecule has 0 aromatic carbocycles. The van der Waals surface area contributed by atoms with Crippen LogP contribution in [0.1, 0.15) is 16.7 Å². The molecule has 2 rings (SSSR count). The van der Waals surface area contributed by atoms with Crippen molar-refractivity contribution in [2.24, 2.45) is 5.92 Å². The van der Waals surface area contributed by atoms with E-state index in [1.165, 1.54) is 29.2 Å². The van der Waals surface area contributed by atoms with Crippen LogP contribution in [0.25, 0.3) is 0 Å². The molecule has 2 atom stereocenters. The molecule has 1 aliphatic heterocycles. The summed E-state index contributed by atoms with van der Waals surface area (Å²) in [6.45, 7) is 2.23. The van der Waals surface area contributed by atoms with Gasteiger partial charge < -0.3 is 5.32 Å². The molecule has 0 aliphatic carbocycles. The molecule has 1 aromatic heterocycles. The first kappa shape index (κ1) is 11.5. The molecule has 0 amide bonds. The quantitative estimate of drug-likeness (QED) is 0.870. The van der Waals surface area contributed by atoms with Gasteiger partial charge in [-0.25, -0.2) is 0 Å². The summed E-state index contributed by atoms with van der Waals surface area (Å²) in [6, 6.07) is 5.33. The van der Waals surface area contributed by atoms with Gasteiger partial charge in [0.2, 0.25) is 0 Å². The summed E-state index contributed by atoms with van der Waals surface area (Å²) in [5.74, 6) is 3.45. The van der Waals surface area contributed by atoms with Crippen LogP contribution in [0.4, 0.5) is 0 Å². The van der Waals surface area contributed by atoms with E-state index < -0.39 is 0 Å². The summed E-state index contributed by atoms with van der Waals surface area (Å²) in [6.07, 6.45) is 2.45. The van der Waals surface area contributed by atoms with Gasteiger partial charge in [-0.05, 0) is 43.7 Å². The van der Waals surface area contributed by atoms with Crippen LogP contribution >= 0.6 is 23.1 Å². The van der Waals surface area contributed by atoms with Gasteiger partial charge in [-0.1, -0.05) is 6.92 Å². The van der Waals surface area contributed by atoms with E-state index in [0.29, 0.717) is 0 Å². The van der Waals surface area contributed by atoms with E-state index in [9.17, 15) is 0 Å². The van der Waals surface area contributed by atoms with Crippen molar-refractivity contribution in [2.75, 3.05) is 18.6 Å². The Morgan fingerprint density at radius 2 is 2.13 bits per heavy atom. The second-order valence-electron chi connectivity index (χ2n) is 4.12. The second-order valence-corrected chi connectivity index (χ2v) is 6.45. The summed E-state index contributed by atoms with van der Waals surface area (Å²) in [4.78, 5) is 3.09. The van der Waals surface area contributed by atoms with Crippen molar-refractivity contribution in [1.29, 1.82) is 0 Å². The van der Waals surface area contributed by atoms with Gasteiger partial charge in [0, 0.05) is 21.5 Å². The highest BCUT2D eigenvalue weighted by atomic mass is 32.2. The molecule has 1 nitrogen and oxygen atoms in total. The first-order valence-corrected chi connectivity index (χ1v) is 7.63. The summed E-state index contributed by atoms with van der Waals surface area (Å²) < 4.78 is 0. The van der Waals surface area contributed by atoms with E-state index in [2.05, 4.69) is 43.2 Å². The Morgan fingerprint density at radius 3 is 2.80 bits per heavy atom. The Bertz CT molecular complexity index is 308. The van der Waals surface area contributed by atoms with Crippen LogP contribution in [0, 0.1) is 5.92 Å². The third kappa shape index (κ3) is 2.77. The maximum absolute atomic E-state index is 3.44. The number of hydrogen-bond donors (Lipinski definition) is 1. The average Bonchev–Trinajstić information content (AvgIpc) is 2.87. The van der Waals surface area contributed by atoms with Crippen LogP contribution in [0.2, 0.25) is 0 Å². The molecule has 0 saturated carbocycles. The van der Waals surface area contributed by atoms with Crippen molar-refractivity contribution in [3.8, 4) is 0 Å². The van der Waals surface area contributed by atoms with Crippen LogP contribution in [0.15, 0.2) is 12.1 Å². The number of rotatable bonds is 4. The van der Waals surface area contributed by atoms with Gasteiger partial charge in [0.1, 0.15) is 0 Å². The predicted molar refractivity (Wildman–Crippen MR) is 71.1 cm³/mol. The van der Waals surface area contributed by atoms with E-state index >= 15 is 0 Å². The largest absolute Gasteiger partial charge is 0.316 e. The molecule has 1 N–H and O–H groups in total. The molecule has 0 spiro atoms. The van der Waals surface area contributed by atoms with Gasteiger partial charge in [-0.2, -0.15) is 11.8 Å². The Morgan fingerprint density at radius 1 is 1.33 bits per heavy atom. The van der Waals surface area contributed by atoms with Crippen molar-refractivity contribution < 1.29 is 0 Å². The highest BCUT2D eigenvalue weighted by molar-refractivity contribution is 7.99. The fourth-order valence-electron chi connectivity index (χ4n) is 2.10. The van der Waals surface area contributed by atoms with Crippen molar-refractivity contribution in [1.82, 2.24) is 5.32 Å².